The molecule has 0 aliphatic carbocycles. The van der Waals surface area contributed by atoms with Gasteiger partial charge in [0.05, 0.1) is 0 Å². The fourth-order valence-electron chi connectivity index (χ4n) is 4.44. The smallest absolute Gasteiger partial charge is 0.0397 e. The second kappa shape index (κ2) is 5.93. The molecule has 0 amide bonds. The summed E-state index contributed by atoms with van der Waals surface area (Å²) in [7, 11) is 0. The largest absolute Gasteiger partial charge is 0.371 e. The lowest BCUT2D eigenvalue weighted by Gasteiger charge is -2.36. The van der Waals surface area contributed by atoms with Crippen LogP contribution in [0.5, 0.6) is 0 Å². The summed E-state index contributed by atoms with van der Waals surface area (Å²) in [5.41, 5.74) is 1.33. The van der Waals surface area contributed by atoms with Crippen LogP contribution >= 0.6 is 0 Å². The van der Waals surface area contributed by atoms with E-state index in [-0.39, 0.29) is 0 Å². The van der Waals surface area contributed by atoms with Gasteiger partial charge in [0.2, 0.25) is 0 Å². The Hall–Kier alpha value is -1.13. The van der Waals surface area contributed by atoms with Gasteiger partial charge in [-0.15, -0.1) is 0 Å². The summed E-state index contributed by atoms with van der Waals surface area (Å²) < 4.78 is 0. The predicted molar refractivity (Wildman–Crippen MR) is 85.6 cm³/mol. The Morgan fingerprint density at radius 2 is 1.76 bits per heavy atom. The molecule has 4 heterocycles. The molecule has 3 saturated heterocycles. The predicted octanol–water partition coefficient (Wildman–Crippen LogP) is 1.88. The summed E-state index contributed by atoms with van der Waals surface area (Å²) in [5.74, 6) is 0. The first-order chi connectivity index (χ1) is 10.4. The molecule has 21 heavy (non-hydrogen) atoms. The van der Waals surface area contributed by atoms with E-state index in [0.29, 0.717) is 6.04 Å². The van der Waals surface area contributed by atoms with Gasteiger partial charge >= 0.3 is 0 Å². The van der Waals surface area contributed by atoms with Crippen molar-refractivity contribution in [2.75, 3.05) is 31.1 Å². The lowest BCUT2D eigenvalue weighted by atomic mass is 10.00. The fourth-order valence-corrected chi connectivity index (χ4v) is 4.44. The van der Waals surface area contributed by atoms with Crippen LogP contribution in [-0.2, 0) is 0 Å². The molecule has 0 saturated carbocycles. The zero-order chi connectivity index (χ0) is 14.1. The molecule has 1 aromatic heterocycles. The lowest BCUT2D eigenvalue weighted by Crippen LogP contribution is -2.49. The number of rotatable bonds is 3. The topological polar surface area (TPSA) is 31.4 Å². The highest BCUT2D eigenvalue weighted by atomic mass is 15.2. The van der Waals surface area contributed by atoms with E-state index >= 15 is 0 Å². The number of fused-ring (bicyclic) bond motifs is 1. The van der Waals surface area contributed by atoms with Crippen LogP contribution in [0.2, 0.25) is 0 Å². The summed E-state index contributed by atoms with van der Waals surface area (Å²) in [6.07, 6.45) is 10.5. The summed E-state index contributed by atoms with van der Waals surface area (Å²) in [4.78, 5) is 9.31. The monoisotopic (exact) mass is 286 g/mol. The van der Waals surface area contributed by atoms with Crippen molar-refractivity contribution in [2.45, 2.75) is 50.2 Å². The number of nitrogens with zero attached hydrogens (tertiary/aromatic N) is 3. The van der Waals surface area contributed by atoms with E-state index in [1.807, 2.05) is 12.4 Å². The Bertz CT molecular complexity index is 455. The molecular weight excluding hydrogens is 260 g/mol. The van der Waals surface area contributed by atoms with Crippen LogP contribution in [0.4, 0.5) is 5.69 Å². The average molecular weight is 286 g/mol. The van der Waals surface area contributed by atoms with Gasteiger partial charge in [-0.3, -0.25) is 9.88 Å². The van der Waals surface area contributed by atoms with E-state index in [1.165, 1.54) is 64.0 Å². The van der Waals surface area contributed by atoms with Gasteiger partial charge in [0.25, 0.3) is 0 Å². The maximum atomic E-state index is 4.11. The zero-order valence-corrected chi connectivity index (χ0v) is 12.7. The van der Waals surface area contributed by atoms with E-state index < -0.39 is 0 Å². The molecule has 0 bridgehead atoms. The second-order valence-corrected chi connectivity index (χ2v) is 6.77. The number of nitrogens with one attached hydrogen (secondary N) is 1. The van der Waals surface area contributed by atoms with E-state index in [1.54, 1.807) is 0 Å². The quantitative estimate of drug-likeness (QED) is 0.919. The van der Waals surface area contributed by atoms with Crippen LogP contribution in [-0.4, -0.2) is 54.2 Å². The van der Waals surface area contributed by atoms with Crippen LogP contribution in [0.25, 0.3) is 0 Å². The molecule has 114 valence electrons. The molecule has 4 nitrogen and oxygen atoms in total. The van der Waals surface area contributed by atoms with Gasteiger partial charge in [-0.2, -0.15) is 0 Å². The van der Waals surface area contributed by atoms with Gasteiger partial charge in [-0.05, 0) is 50.8 Å². The molecule has 2 unspecified atom stereocenters. The van der Waals surface area contributed by atoms with Gasteiger partial charge in [-0.25, -0.2) is 0 Å². The SMILES string of the molecule is c1cc(N2CCC(NC3CCN4CCCC34)CC2)ccn1. The van der Waals surface area contributed by atoms with Gasteiger partial charge in [-0.1, -0.05) is 0 Å². The maximum Gasteiger partial charge on any atom is 0.0397 e. The molecule has 0 aromatic carbocycles. The van der Waals surface area contributed by atoms with Crippen LogP contribution in [0.3, 0.4) is 0 Å². The van der Waals surface area contributed by atoms with E-state index in [9.17, 15) is 0 Å². The molecule has 4 heteroatoms. The van der Waals surface area contributed by atoms with Gasteiger partial charge < -0.3 is 10.2 Å². The van der Waals surface area contributed by atoms with E-state index in [4.69, 9.17) is 0 Å². The minimum Gasteiger partial charge on any atom is -0.371 e. The van der Waals surface area contributed by atoms with Crippen molar-refractivity contribution in [3.05, 3.63) is 24.5 Å². The molecule has 2 atom stereocenters. The highest BCUT2D eigenvalue weighted by Crippen LogP contribution is 2.29. The first kappa shape index (κ1) is 13.5. The molecule has 1 N–H and O–H groups in total. The molecular formula is C17H26N4. The Morgan fingerprint density at radius 3 is 2.57 bits per heavy atom. The normalized spacial score (nSPS) is 30.8. The number of pyridine rings is 1. The van der Waals surface area contributed by atoms with Crippen LogP contribution < -0.4 is 10.2 Å². The summed E-state index contributed by atoms with van der Waals surface area (Å²) >= 11 is 0. The van der Waals surface area contributed by atoms with Crippen molar-refractivity contribution in [3.8, 4) is 0 Å². The van der Waals surface area contributed by atoms with Gasteiger partial charge in [0.15, 0.2) is 0 Å². The second-order valence-electron chi connectivity index (χ2n) is 6.77. The Balaban J connectivity index is 1.30. The molecule has 3 fully saturated rings. The number of aromatic nitrogens is 1. The Labute approximate surface area is 127 Å². The third kappa shape index (κ3) is 2.79. The van der Waals surface area contributed by atoms with Gasteiger partial charge in [0.1, 0.15) is 0 Å². The average Bonchev–Trinajstić information content (AvgIpc) is 3.14. The molecule has 1 aromatic rings. The third-order valence-corrected chi connectivity index (χ3v) is 5.58. The first-order valence-corrected chi connectivity index (χ1v) is 8.55. The molecule has 0 spiro atoms. The van der Waals surface area contributed by atoms with Crippen molar-refractivity contribution in [1.29, 1.82) is 0 Å². The van der Waals surface area contributed by atoms with Crippen molar-refractivity contribution >= 4 is 5.69 Å². The molecule has 3 aliphatic rings. The Morgan fingerprint density at radius 1 is 0.952 bits per heavy atom. The number of anilines is 1. The summed E-state index contributed by atoms with van der Waals surface area (Å²) in [5, 5.41) is 3.98. The maximum absolute atomic E-state index is 4.11. The van der Waals surface area contributed by atoms with Crippen LogP contribution in [0.1, 0.15) is 32.1 Å². The van der Waals surface area contributed by atoms with Crippen molar-refractivity contribution in [3.63, 3.8) is 0 Å². The Kier molecular flexibility index (Phi) is 3.82. The van der Waals surface area contributed by atoms with Crippen molar-refractivity contribution in [1.82, 2.24) is 15.2 Å². The van der Waals surface area contributed by atoms with Crippen LogP contribution in [0, 0.1) is 0 Å². The molecule has 4 rings (SSSR count). The fraction of sp³-hybridized carbons (Fsp3) is 0.706. The molecule has 3 aliphatic heterocycles. The van der Waals surface area contributed by atoms with Crippen molar-refractivity contribution in [2.24, 2.45) is 0 Å². The lowest BCUT2D eigenvalue weighted by molar-refractivity contribution is 0.278. The third-order valence-electron chi connectivity index (χ3n) is 5.58. The summed E-state index contributed by atoms with van der Waals surface area (Å²) in [6, 6.07) is 6.56. The highest BCUT2D eigenvalue weighted by Gasteiger charge is 2.38. The van der Waals surface area contributed by atoms with E-state index in [0.717, 1.165) is 12.1 Å². The van der Waals surface area contributed by atoms with Crippen molar-refractivity contribution < 1.29 is 0 Å². The number of hydrogen-bond acceptors (Lipinski definition) is 4. The first-order valence-electron chi connectivity index (χ1n) is 8.55. The number of piperidine rings is 1. The highest BCUT2D eigenvalue weighted by molar-refractivity contribution is 5.44. The molecule has 0 radical (unpaired) electrons. The minimum absolute atomic E-state index is 0.716. The minimum atomic E-state index is 0.716. The number of hydrogen-bond donors (Lipinski definition) is 1. The summed E-state index contributed by atoms with van der Waals surface area (Å²) in [6.45, 7) is 4.99. The standard InChI is InChI=1S/C17H26N4/c1-2-17-16(7-13-21(17)10-1)19-14-5-11-20(12-6-14)15-3-8-18-9-4-15/h3-4,8-9,14,16-17,19H,1-2,5-7,10-13H2. The zero-order valence-electron chi connectivity index (χ0n) is 12.7. The van der Waals surface area contributed by atoms with Crippen LogP contribution in [0.15, 0.2) is 24.5 Å². The van der Waals surface area contributed by atoms with Gasteiger partial charge in [0, 0.05) is 55.8 Å². The van der Waals surface area contributed by atoms with E-state index in [2.05, 4.69) is 32.2 Å².